The molecule has 0 aromatic carbocycles. The minimum absolute atomic E-state index is 0.0536. The van der Waals surface area contributed by atoms with Gasteiger partial charge in [-0.05, 0) is 25.7 Å². The molecule has 1 saturated heterocycles. The van der Waals surface area contributed by atoms with Crippen LogP contribution >= 0.6 is 0 Å². The van der Waals surface area contributed by atoms with E-state index in [1.807, 2.05) is 20.8 Å². The fourth-order valence-corrected chi connectivity index (χ4v) is 2.74. The summed E-state index contributed by atoms with van der Waals surface area (Å²) in [6.45, 7) is 10.8. The predicted molar refractivity (Wildman–Crippen MR) is 89.3 cm³/mol. The maximum absolute atomic E-state index is 14.6. The Morgan fingerprint density at radius 2 is 1.92 bits per heavy atom. The topological polar surface area (TPSA) is 90.5 Å². The van der Waals surface area contributed by atoms with Crippen molar-refractivity contribution < 1.29 is 18.8 Å². The molecule has 1 fully saturated rings. The third kappa shape index (κ3) is 4.26. The molecule has 25 heavy (non-hydrogen) atoms. The van der Waals surface area contributed by atoms with E-state index < -0.39 is 34.2 Å². The Morgan fingerprint density at radius 1 is 1.32 bits per heavy atom. The standard InChI is InChI=1S/C16H25FN4O4/c1-15(2,3)12-7-13(21(23)24)18-20(12)11-9-19(8-10(11)17)14(22)25-16(4,5)6/h7,10-11H,8-9H2,1-6H3/t10-,11?/m1/s1. The summed E-state index contributed by atoms with van der Waals surface area (Å²) in [5.41, 5.74) is -0.583. The molecule has 140 valence electrons. The average Bonchev–Trinajstić information content (AvgIpc) is 2.99. The lowest BCUT2D eigenvalue weighted by molar-refractivity contribution is -0.389. The van der Waals surface area contributed by atoms with Crippen LogP contribution in [0.25, 0.3) is 0 Å². The first kappa shape index (κ1) is 19.1. The van der Waals surface area contributed by atoms with Gasteiger partial charge in [-0.3, -0.25) is 0 Å². The molecular formula is C16H25FN4O4. The fourth-order valence-electron chi connectivity index (χ4n) is 2.74. The summed E-state index contributed by atoms with van der Waals surface area (Å²) in [6.07, 6.45) is -1.98. The normalized spacial score (nSPS) is 21.5. The Kier molecular flexibility index (Phi) is 4.80. The summed E-state index contributed by atoms with van der Waals surface area (Å²) < 4.78 is 21.2. The van der Waals surface area contributed by atoms with Crippen molar-refractivity contribution in [2.45, 2.75) is 64.8 Å². The second-order valence-corrected chi connectivity index (χ2v) is 8.31. The van der Waals surface area contributed by atoms with Gasteiger partial charge in [-0.25, -0.2) is 9.18 Å². The molecule has 0 aliphatic carbocycles. The first-order valence-electron chi connectivity index (χ1n) is 8.16. The lowest BCUT2D eigenvalue weighted by Gasteiger charge is -2.24. The number of nitrogens with zero attached hydrogens (tertiary/aromatic N) is 4. The number of likely N-dealkylation sites (tertiary alicyclic amines) is 1. The molecule has 0 radical (unpaired) electrons. The van der Waals surface area contributed by atoms with E-state index in [1.54, 1.807) is 20.8 Å². The second kappa shape index (κ2) is 6.27. The van der Waals surface area contributed by atoms with Crippen molar-refractivity contribution >= 4 is 11.9 Å². The molecule has 0 bridgehead atoms. The number of nitro groups is 1. The van der Waals surface area contributed by atoms with Gasteiger partial charge in [-0.1, -0.05) is 20.8 Å². The molecule has 1 aliphatic rings. The van der Waals surface area contributed by atoms with Crippen molar-refractivity contribution in [3.63, 3.8) is 0 Å². The third-order valence-electron chi connectivity index (χ3n) is 3.86. The number of carbonyl (C=O) groups is 1. The molecule has 2 atom stereocenters. The van der Waals surface area contributed by atoms with Crippen LogP contribution in [0.5, 0.6) is 0 Å². The predicted octanol–water partition coefficient (Wildman–Crippen LogP) is 3.22. The monoisotopic (exact) mass is 356 g/mol. The molecule has 0 spiro atoms. The highest BCUT2D eigenvalue weighted by molar-refractivity contribution is 5.68. The first-order valence-corrected chi connectivity index (χ1v) is 8.16. The van der Waals surface area contributed by atoms with E-state index in [0.29, 0.717) is 5.69 Å². The zero-order valence-electron chi connectivity index (χ0n) is 15.4. The molecular weight excluding hydrogens is 331 g/mol. The molecule has 2 rings (SSSR count). The summed E-state index contributed by atoms with van der Waals surface area (Å²) in [7, 11) is 0. The lowest BCUT2D eigenvalue weighted by atomic mass is 9.91. The van der Waals surface area contributed by atoms with Crippen molar-refractivity contribution in [2.75, 3.05) is 13.1 Å². The van der Waals surface area contributed by atoms with Crippen molar-refractivity contribution in [2.24, 2.45) is 0 Å². The van der Waals surface area contributed by atoms with Crippen LogP contribution in [-0.4, -0.2) is 50.6 Å². The number of rotatable bonds is 2. The Hall–Kier alpha value is -2.19. The molecule has 0 saturated carbocycles. The zero-order valence-corrected chi connectivity index (χ0v) is 15.4. The number of aromatic nitrogens is 2. The van der Waals surface area contributed by atoms with Crippen LogP contribution in [0.4, 0.5) is 15.0 Å². The van der Waals surface area contributed by atoms with Gasteiger partial charge in [0.15, 0.2) is 0 Å². The second-order valence-electron chi connectivity index (χ2n) is 8.31. The van der Waals surface area contributed by atoms with Crippen molar-refractivity contribution in [3.8, 4) is 0 Å². The smallest absolute Gasteiger partial charge is 0.410 e. The van der Waals surface area contributed by atoms with Gasteiger partial charge in [0.1, 0.15) is 17.8 Å². The van der Waals surface area contributed by atoms with Crippen molar-refractivity contribution in [1.82, 2.24) is 14.7 Å². The maximum atomic E-state index is 14.6. The van der Waals surface area contributed by atoms with Crippen LogP contribution in [0.1, 0.15) is 53.3 Å². The number of ether oxygens (including phenoxy) is 1. The first-order chi connectivity index (χ1) is 11.3. The molecule has 1 unspecified atom stereocenters. The molecule has 1 amide bonds. The van der Waals surface area contributed by atoms with E-state index in [1.165, 1.54) is 15.6 Å². The Morgan fingerprint density at radius 3 is 2.40 bits per heavy atom. The number of hydrogen-bond donors (Lipinski definition) is 0. The molecule has 1 aromatic heterocycles. The quantitative estimate of drug-likeness (QED) is 0.599. The van der Waals surface area contributed by atoms with Crippen molar-refractivity contribution in [3.05, 3.63) is 21.9 Å². The molecule has 1 aliphatic heterocycles. The Balaban J connectivity index is 2.30. The van der Waals surface area contributed by atoms with Crippen LogP contribution in [0, 0.1) is 10.1 Å². The van der Waals surface area contributed by atoms with Gasteiger partial charge in [0.25, 0.3) is 0 Å². The summed E-state index contributed by atoms with van der Waals surface area (Å²) in [4.78, 5) is 23.9. The molecule has 0 N–H and O–H groups in total. The van der Waals surface area contributed by atoms with Crippen LogP contribution in [0.3, 0.4) is 0 Å². The lowest BCUT2D eigenvalue weighted by Crippen LogP contribution is -2.36. The molecule has 9 heteroatoms. The van der Waals surface area contributed by atoms with E-state index in [2.05, 4.69) is 5.10 Å². The molecule has 1 aromatic rings. The zero-order chi connectivity index (χ0) is 19.2. The molecule has 2 heterocycles. The van der Waals surface area contributed by atoms with E-state index in [9.17, 15) is 19.3 Å². The van der Waals surface area contributed by atoms with Gasteiger partial charge in [0.05, 0.1) is 29.9 Å². The van der Waals surface area contributed by atoms with Gasteiger partial charge in [0, 0.05) is 5.41 Å². The van der Waals surface area contributed by atoms with Crippen LogP contribution < -0.4 is 0 Å². The average molecular weight is 356 g/mol. The van der Waals surface area contributed by atoms with E-state index in [0.717, 1.165) is 0 Å². The van der Waals surface area contributed by atoms with E-state index in [-0.39, 0.29) is 18.9 Å². The number of halogens is 1. The van der Waals surface area contributed by atoms with Crippen LogP contribution in [0.2, 0.25) is 0 Å². The third-order valence-corrected chi connectivity index (χ3v) is 3.86. The van der Waals surface area contributed by atoms with Gasteiger partial charge in [-0.2, -0.15) is 4.68 Å². The van der Waals surface area contributed by atoms with Crippen molar-refractivity contribution in [1.29, 1.82) is 0 Å². The number of hydrogen-bond acceptors (Lipinski definition) is 5. The van der Waals surface area contributed by atoms with Gasteiger partial charge in [-0.15, -0.1) is 0 Å². The van der Waals surface area contributed by atoms with Gasteiger partial charge in [0.2, 0.25) is 0 Å². The summed E-state index contributed by atoms with van der Waals surface area (Å²) >= 11 is 0. The minimum Gasteiger partial charge on any atom is -0.444 e. The Bertz CT molecular complexity index is 675. The van der Waals surface area contributed by atoms with Gasteiger partial charge < -0.3 is 19.8 Å². The van der Waals surface area contributed by atoms with E-state index >= 15 is 0 Å². The van der Waals surface area contributed by atoms with Gasteiger partial charge >= 0.3 is 11.9 Å². The SMILES string of the molecule is CC(C)(C)OC(=O)N1CC(n2nc([N+](=O)[O-])cc2C(C)(C)C)[C@H](F)C1. The number of alkyl halides is 1. The number of carbonyl (C=O) groups excluding carboxylic acids is 1. The fraction of sp³-hybridized carbons (Fsp3) is 0.750. The van der Waals surface area contributed by atoms with Crippen LogP contribution in [-0.2, 0) is 10.2 Å². The summed E-state index contributed by atoms with van der Waals surface area (Å²) in [5.74, 6) is -0.326. The minimum atomic E-state index is -1.38. The highest BCUT2D eigenvalue weighted by Gasteiger charge is 2.43. The highest BCUT2D eigenvalue weighted by Crippen LogP contribution is 2.33. The van der Waals surface area contributed by atoms with Crippen LogP contribution in [0.15, 0.2) is 6.07 Å². The number of amides is 1. The Labute approximate surface area is 146 Å². The van der Waals surface area contributed by atoms with E-state index in [4.69, 9.17) is 4.74 Å². The summed E-state index contributed by atoms with van der Waals surface area (Å²) in [5, 5.41) is 15.0. The highest BCUT2D eigenvalue weighted by atomic mass is 19.1. The maximum Gasteiger partial charge on any atom is 0.410 e. The molecule has 8 nitrogen and oxygen atoms in total. The largest absolute Gasteiger partial charge is 0.444 e. The summed E-state index contributed by atoms with van der Waals surface area (Å²) in [6, 6.07) is 0.582.